The van der Waals surface area contributed by atoms with E-state index in [1.54, 1.807) is 201 Å². The topological polar surface area (TPSA) is 379 Å². The predicted octanol–water partition coefficient (Wildman–Crippen LogP) is 22.4. The van der Waals surface area contributed by atoms with Crippen LogP contribution in [0, 0.1) is 6.92 Å². The van der Waals surface area contributed by atoms with Gasteiger partial charge in [0.05, 0.1) is 116 Å². The molecule has 40 heteroatoms. The standard InChI is InChI=1S/C25H23Cl2N3O4S.C25H21ClN4O3S.C24H20Cl3N3O4S.C24H21Cl2N3O4S/c1-16-13-20(30-11-2-3-12-35(30,33)34)8-9-21(16)25(32)28-19-7-10-22(27)23(15-19)29-24(31)17-5-4-6-18(26)14-17;26-21-12-9-18(15-20(21)24-16-27-22-5-1-2-6-23(22)29-24)28-25(31)17-7-10-19(11-8-17)30-13-3-4-14-34(30,32)33;25-16-5-3-4-15(12-16)23(31)29-22-13-17(6-9-20(22)26)28-24(32)19-8-7-18(14-21(19)27)30-10-1-2-11-35(30,33)34;25-18-5-3-4-17(14-18)24(31)28-22-15-19(8-11-21(22)26)27-23(30)16-6-9-20(10-7-16)29-12-1-2-13-34(29,32)33/h4-10,13-15H,2-3,11-12H2,1H3,(H,28,32)(H,29,31);1-2,5-12,15-16H,3-4,13-14H2,(H,28,31);3-9,12-14H,1-2,10-11H2,(H,28,32)(H,29,31);3-11,14-15H,1-2,12-13H2,(H,27,30)(H,28,31). The highest BCUT2D eigenvalue weighted by molar-refractivity contribution is 7.93. The number of para-hydroxylation sites is 2. The van der Waals surface area contributed by atoms with Crippen LogP contribution in [-0.2, 0) is 40.1 Å². The third-order valence-electron chi connectivity index (χ3n) is 22.1. The van der Waals surface area contributed by atoms with Gasteiger partial charge in [-0.05, 0) is 288 Å². The number of carbonyl (C=O) groups is 7. The maximum atomic E-state index is 12.9. The fourth-order valence-electron chi connectivity index (χ4n) is 15.0. The molecule has 0 atom stereocenters. The Bertz CT molecular complexity index is 7170. The SMILES string of the molecule is Cc1cc(N2CCCCS2(=O)=O)ccc1C(=O)Nc1ccc(Cl)c(NC(=O)c2cccc(Cl)c2)c1.O=C(Nc1cc(NC(=O)c2ccc(N3CCCCS3(=O)=O)cc2Cl)ccc1Cl)c1cccc(Cl)c1.O=C(Nc1ccc(Cl)c(-c2cnc3ccccc3n2)c1)c1ccc(N2CCCCS2(=O)=O)cc1.O=C(Nc1ccc(Cl)c(NC(=O)c2cccc(Cl)c2)c1)c1ccc(N2CCCCS2(=O)=O)cc1. The zero-order chi connectivity index (χ0) is 98.3. The molecule has 7 amide bonds. The number of aromatic nitrogens is 2. The lowest BCUT2D eigenvalue weighted by molar-refractivity contribution is 0.101. The van der Waals surface area contributed by atoms with E-state index in [2.05, 4.69) is 47.2 Å². The number of fused-ring (bicyclic) bond motifs is 1. The van der Waals surface area contributed by atoms with Crippen molar-refractivity contribution in [3.8, 4) is 11.3 Å². The smallest absolute Gasteiger partial charge is 0.257 e. The van der Waals surface area contributed by atoms with Crippen molar-refractivity contribution in [2.45, 2.75) is 58.3 Å². The molecule has 0 saturated carbocycles. The van der Waals surface area contributed by atoms with E-state index in [1.165, 1.54) is 59.7 Å². The minimum Gasteiger partial charge on any atom is -0.322 e. The summed E-state index contributed by atoms with van der Waals surface area (Å²) in [6.07, 6.45) is 7.43. The van der Waals surface area contributed by atoms with Gasteiger partial charge in [-0.2, -0.15) is 0 Å². The van der Waals surface area contributed by atoms with E-state index in [1.807, 2.05) is 24.3 Å². The van der Waals surface area contributed by atoms with Crippen molar-refractivity contribution in [3.05, 3.63) is 346 Å². The maximum absolute atomic E-state index is 12.9. The summed E-state index contributed by atoms with van der Waals surface area (Å²) in [4.78, 5) is 98.1. The van der Waals surface area contributed by atoms with Crippen LogP contribution in [0.2, 0.25) is 40.2 Å². The second-order valence-electron chi connectivity index (χ2n) is 31.9. The molecular formula is C98H85Cl8N13O15S4. The van der Waals surface area contributed by atoms with E-state index in [4.69, 9.17) is 92.8 Å². The van der Waals surface area contributed by atoms with Gasteiger partial charge in [0, 0.05) is 103 Å². The molecule has 28 nitrogen and oxygen atoms in total. The Hall–Kier alpha value is -12.4. The van der Waals surface area contributed by atoms with Gasteiger partial charge in [-0.1, -0.05) is 123 Å². The Labute approximate surface area is 836 Å². The minimum absolute atomic E-state index is 0.0829. The summed E-state index contributed by atoms with van der Waals surface area (Å²) in [7, 11) is -13.4. The van der Waals surface area contributed by atoms with E-state index in [-0.39, 0.29) is 56.3 Å². The first-order valence-corrected chi connectivity index (χ1v) is 52.4. The molecule has 4 fully saturated rings. The van der Waals surface area contributed by atoms with Crippen LogP contribution < -0.4 is 54.4 Å². The zero-order valence-corrected chi connectivity index (χ0v) is 82.4. The second-order valence-corrected chi connectivity index (χ2v) is 43.3. The van der Waals surface area contributed by atoms with Crippen molar-refractivity contribution in [3.63, 3.8) is 0 Å². The lowest BCUT2D eigenvalue weighted by Crippen LogP contribution is -2.37. The number of nitrogens with one attached hydrogen (secondary N) is 7. The van der Waals surface area contributed by atoms with E-state index in [0.717, 1.165) is 36.7 Å². The molecule has 7 N–H and O–H groups in total. The highest BCUT2D eigenvalue weighted by Crippen LogP contribution is 2.37. The Balaban J connectivity index is 0.000000147. The van der Waals surface area contributed by atoms with Crippen LogP contribution >= 0.6 is 92.8 Å². The van der Waals surface area contributed by atoms with Gasteiger partial charge in [-0.25, -0.2) is 38.7 Å². The molecule has 0 radical (unpaired) electrons. The Morgan fingerprint density at radius 2 is 0.609 bits per heavy atom. The van der Waals surface area contributed by atoms with Crippen LogP contribution in [0.5, 0.6) is 0 Å². The van der Waals surface area contributed by atoms with Gasteiger partial charge in [0.15, 0.2) is 0 Å². The molecule has 1 aromatic heterocycles. The van der Waals surface area contributed by atoms with Gasteiger partial charge in [0.25, 0.3) is 41.4 Å². The normalized spacial score (nSPS) is 15.0. The predicted molar refractivity (Wildman–Crippen MR) is 551 cm³/mol. The Morgan fingerprint density at radius 1 is 0.283 bits per heavy atom. The van der Waals surface area contributed by atoms with Crippen LogP contribution in [0.1, 0.15) is 129 Å². The minimum atomic E-state index is -3.40. The van der Waals surface area contributed by atoms with Gasteiger partial charge >= 0.3 is 0 Å². The number of carbonyl (C=O) groups excluding carboxylic acids is 7. The van der Waals surface area contributed by atoms with Crippen LogP contribution in [-0.4, -0.2) is 134 Å². The summed E-state index contributed by atoms with van der Waals surface area (Å²) >= 11 is 49.3. The second kappa shape index (κ2) is 45.0. The van der Waals surface area contributed by atoms with Crippen molar-refractivity contribution < 1.29 is 67.2 Å². The molecule has 12 aromatic carbocycles. The summed E-state index contributed by atoms with van der Waals surface area (Å²) in [5.74, 6) is -2.29. The van der Waals surface area contributed by atoms with Crippen molar-refractivity contribution in [1.29, 1.82) is 0 Å². The first kappa shape index (κ1) is 101. The van der Waals surface area contributed by atoms with Crippen LogP contribution in [0.4, 0.5) is 62.6 Å². The Morgan fingerprint density at radius 3 is 0.978 bits per heavy atom. The number of anilines is 11. The lowest BCUT2D eigenvalue weighted by atomic mass is 10.1. The van der Waals surface area contributed by atoms with Gasteiger partial charge in [-0.15, -0.1) is 0 Å². The number of benzene rings is 12. The summed E-state index contributed by atoms with van der Waals surface area (Å²) in [5.41, 5.74) is 10.7. The molecule has 138 heavy (non-hydrogen) atoms. The van der Waals surface area contributed by atoms with Gasteiger partial charge < -0.3 is 37.2 Å². The number of sulfonamides is 4. The molecule has 5 heterocycles. The summed E-state index contributed by atoms with van der Waals surface area (Å²) in [6.45, 7) is 3.45. The first-order chi connectivity index (χ1) is 65.9. The molecule has 0 aliphatic carbocycles. The van der Waals surface area contributed by atoms with Gasteiger partial charge in [-0.3, -0.25) is 55.8 Å². The molecule has 4 aliphatic heterocycles. The molecule has 4 saturated heterocycles. The lowest BCUT2D eigenvalue weighted by Gasteiger charge is -2.28. The van der Waals surface area contributed by atoms with Crippen LogP contribution in [0.3, 0.4) is 0 Å². The quantitative estimate of drug-likeness (QED) is 0.0395. The van der Waals surface area contributed by atoms with Gasteiger partial charge in [0.1, 0.15) is 0 Å². The average molecular weight is 2100 g/mol. The molecule has 0 unspecified atom stereocenters. The van der Waals surface area contributed by atoms with E-state index in [0.29, 0.717) is 195 Å². The molecule has 712 valence electrons. The number of amides is 7. The fraction of sp³-hybridized carbons (Fsp3) is 0.173. The highest BCUT2D eigenvalue weighted by atomic mass is 35.5. The molecule has 13 aromatic rings. The van der Waals surface area contributed by atoms with E-state index < -0.39 is 63.7 Å². The third-order valence-corrected chi connectivity index (χ3v) is 31.9. The summed E-state index contributed by atoms with van der Waals surface area (Å²) < 4.78 is 104. The monoisotopic (exact) mass is 2090 g/mol. The maximum Gasteiger partial charge on any atom is 0.257 e. The average Bonchev–Trinajstić information content (AvgIpc) is 0.788. The molecule has 0 bridgehead atoms. The number of nitrogens with zero attached hydrogens (tertiary/aromatic N) is 6. The third kappa shape index (κ3) is 25.9. The van der Waals surface area contributed by atoms with Crippen LogP contribution in [0.15, 0.2) is 261 Å². The zero-order valence-electron chi connectivity index (χ0n) is 73.1. The number of hydrogen-bond acceptors (Lipinski definition) is 17. The summed E-state index contributed by atoms with van der Waals surface area (Å²) in [6, 6.07) is 68.8. The Kier molecular flexibility index (Phi) is 33.1. The fourth-order valence-corrected chi connectivity index (χ4v) is 23.1. The summed E-state index contributed by atoms with van der Waals surface area (Å²) in [5, 5.41) is 22.1. The largest absolute Gasteiger partial charge is 0.322 e. The van der Waals surface area contributed by atoms with E-state index in [9.17, 15) is 67.2 Å². The first-order valence-electron chi connectivity index (χ1n) is 42.9. The van der Waals surface area contributed by atoms with E-state index >= 15 is 0 Å². The van der Waals surface area contributed by atoms with Crippen molar-refractivity contribution in [2.75, 3.05) is 104 Å². The number of halogens is 8. The molecule has 4 aliphatic rings. The molecule has 17 rings (SSSR count). The number of hydrogen-bond donors (Lipinski definition) is 7. The number of aryl methyl sites for hydroxylation is 1. The number of rotatable bonds is 19. The molecule has 0 spiro atoms. The van der Waals surface area contributed by atoms with Crippen molar-refractivity contribution in [1.82, 2.24) is 9.97 Å². The van der Waals surface area contributed by atoms with Gasteiger partial charge in [0.2, 0.25) is 40.1 Å². The molecular weight excluding hydrogens is 2010 g/mol. The van der Waals surface area contributed by atoms with Crippen LogP contribution in [0.25, 0.3) is 22.3 Å². The highest BCUT2D eigenvalue weighted by Gasteiger charge is 2.32. The van der Waals surface area contributed by atoms with Crippen molar-refractivity contribution >= 4 is 248 Å². The van der Waals surface area contributed by atoms with Crippen molar-refractivity contribution in [2.24, 2.45) is 0 Å².